The summed E-state index contributed by atoms with van der Waals surface area (Å²) < 4.78 is 0. The van der Waals surface area contributed by atoms with Gasteiger partial charge in [-0.15, -0.1) is 23.1 Å². The van der Waals surface area contributed by atoms with E-state index in [2.05, 4.69) is 10.3 Å². The molecule has 2 rings (SSSR count). The fourth-order valence-electron chi connectivity index (χ4n) is 1.67. The molecule has 0 radical (unpaired) electrons. The second-order valence-electron chi connectivity index (χ2n) is 4.26. The molecule has 2 N–H and O–H groups in total. The number of nitrogens with zero attached hydrogens (tertiary/aromatic N) is 1. The number of aryl methyl sites for hydroxylation is 1. The Balaban J connectivity index is 1.77. The first-order valence-corrected chi connectivity index (χ1v) is 8.19. The third-order valence-electron chi connectivity index (χ3n) is 2.54. The van der Waals surface area contributed by atoms with E-state index < -0.39 is 0 Å². The lowest BCUT2D eigenvalue weighted by Gasteiger charge is -2.06. The number of anilines is 1. The van der Waals surface area contributed by atoms with Gasteiger partial charge in [-0.25, -0.2) is 4.98 Å². The summed E-state index contributed by atoms with van der Waals surface area (Å²) in [4.78, 5) is 16.1. The average molecular weight is 308 g/mol. The minimum absolute atomic E-state index is 0.0262. The average Bonchev–Trinajstić information content (AvgIpc) is 2.84. The zero-order chi connectivity index (χ0) is 14.4. The number of hydrogen-bond acceptors (Lipinski definition) is 5. The Hall–Kier alpha value is -1.37. The van der Waals surface area contributed by atoms with Crippen LogP contribution in [-0.4, -0.2) is 21.8 Å². The van der Waals surface area contributed by atoms with Crippen molar-refractivity contribution in [1.29, 1.82) is 0 Å². The number of carbonyl (C=O) groups excluding carboxylic acids is 1. The smallest absolute Gasteiger partial charge is 0.234 e. The maximum absolute atomic E-state index is 11.8. The molecule has 0 saturated heterocycles. The lowest BCUT2D eigenvalue weighted by atomic mass is 10.2. The van der Waals surface area contributed by atoms with Crippen molar-refractivity contribution < 1.29 is 9.90 Å². The number of thioether (sulfide) groups is 1. The van der Waals surface area contributed by atoms with Crippen molar-refractivity contribution in [2.24, 2.45) is 0 Å². The van der Waals surface area contributed by atoms with Crippen LogP contribution in [0.4, 0.5) is 5.69 Å². The number of aliphatic hydroxyl groups is 1. The van der Waals surface area contributed by atoms with Crippen LogP contribution >= 0.6 is 23.1 Å². The van der Waals surface area contributed by atoms with Gasteiger partial charge in [0.25, 0.3) is 0 Å². The molecule has 0 aliphatic carbocycles. The predicted octanol–water partition coefficient (Wildman–Crippen LogP) is 2.82. The Morgan fingerprint density at radius 2 is 2.35 bits per heavy atom. The first kappa shape index (κ1) is 15.0. The Kier molecular flexibility index (Phi) is 5.58. The van der Waals surface area contributed by atoms with Gasteiger partial charge in [0, 0.05) is 16.8 Å². The van der Waals surface area contributed by atoms with Gasteiger partial charge in [-0.3, -0.25) is 4.79 Å². The summed E-state index contributed by atoms with van der Waals surface area (Å²) in [5.74, 6) is 1.09. The van der Waals surface area contributed by atoms with E-state index in [1.807, 2.05) is 30.5 Å². The number of aliphatic hydroxyl groups excluding tert-OH is 1. The monoisotopic (exact) mass is 308 g/mol. The largest absolute Gasteiger partial charge is 0.392 e. The number of hydrogen-bond donors (Lipinski definition) is 2. The molecule has 0 fully saturated rings. The molecule has 106 valence electrons. The van der Waals surface area contributed by atoms with Crippen LogP contribution in [0, 0.1) is 6.92 Å². The summed E-state index contributed by atoms with van der Waals surface area (Å²) in [5, 5.41) is 14.9. The van der Waals surface area contributed by atoms with Gasteiger partial charge < -0.3 is 10.4 Å². The molecular weight excluding hydrogens is 292 g/mol. The molecule has 0 bridgehead atoms. The normalized spacial score (nSPS) is 10.5. The standard InChI is InChI=1S/C14H16N2O2S2/c1-10-15-13(8-20-10)7-19-9-14(18)16-12-4-2-3-11(5-12)6-17/h2-5,8,17H,6-7,9H2,1H3,(H,16,18). The molecule has 6 heteroatoms. The minimum Gasteiger partial charge on any atom is -0.392 e. The van der Waals surface area contributed by atoms with Crippen LogP contribution in [0.25, 0.3) is 0 Å². The molecule has 20 heavy (non-hydrogen) atoms. The molecule has 1 heterocycles. The Bertz CT molecular complexity index is 584. The fraction of sp³-hybridized carbons (Fsp3) is 0.286. The minimum atomic E-state index is -0.0444. The zero-order valence-electron chi connectivity index (χ0n) is 11.1. The highest BCUT2D eigenvalue weighted by atomic mass is 32.2. The second-order valence-corrected chi connectivity index (χ2v) is 6.31. The van der Waals surface area contributed by atoms with Crippen molar-refractivity contribution in [3.05, 3.63) is 45.9 Å². The van der Waals surface area contributed by atoms with Crippen molar-refractivity contribution in [3.8, 4) is 0 Å². The summed E-state index contributed by atoms with van der Waals surface area (Å²) >= 11 is 3.16. The lowest BCUT2D eigenvalue weighted by molar-refractivity contribution is -0.113. The highest BCUT2D eigenvalue weighted by molar-refractivity contribution is 7.99. The summed E-state index contributed by atoms with van der Waals surface area (Å²) in [6.45, 7) is 1.95. The molecule has 0 saturated carbocycles. The SMILES string of the molecule is Cc1nc(CSCC(=O)Nc2cccc(CO)c2)cs1. The summed E-state index contributed by atoms with van der Waals surface area (Å²) in [6.07, 6.45) is 0. The van der Waals surface area contributed by atoms with Crippen LogP contribution in [0.15, 0.2) is 29.6 Å². The van der Waals surface area contributed by atoms with Gasteiger partial charge in [-0.05, 0) is 24.6 Å². The molecule has 0 unspecified atom stereocenters. The fourth-order valence-corrected chi connectivity index (χ4v) is 3.10. The van der Waals surface area contributed by atoms with E-state index >= 15 is 0 Å². The Morgan fingerprint density at radius 3 is 3.05 bits per heavy atom. The molecule has 0 aliphatic heterocycles. The third kappa shape index (κ3) is 4.63. The van der Waals surface area contributed by atoms with Crippen LogP contribution in [0.2, 0.25) is 0 Å². The van der Waals surface area contributed by atoms with E-state index in [9.17, 15) is 4.79 Å². The maximum Gasteiger partial charge on any atom is 0.234 e. The van der Waals surface area contributed by atoms with E-state index in [-0.39, 0.29) is 12.5 Å². The van der Waals surface area contributed by atoms with E-state index in [4.69, 9.17) is 5.11 Å². The summed E-state index contributed by atoms with van der Waals surface area (Å²) in [7, 11) is 0. The number of rotatable bonds is 6. The molecule has 1 aromatic carbocycles. The highest BCUT2D eigenvalue weighted by Gasteiger charge is 2.05. The lowest BCUT2D eigenvalue weighted by Crippen LogP contribution is -2.14. The zero-order valence-corrected chi connectivity index (χ0v) is 12.8. The first-order valence-electron chi connectivity index (χ1n) is 6.16. The third-order valence-corrected chi connectivity index (χ3v) is 4.33. The predicted molar refractivity (Wildman–Crippen MR) is 84.0 cm³/mol. The highest BCUT2D eigenvalue weighted by Crippen LogP contribution is 2.16. The van der Waals surface area contributed by atoms with Crippen LogP contribution in [0.5, 0.6) is 0 Å². The van der Waals surface area contributed by atoms with Gasteiger partial charge >= 0.3 is 0 Å². The van der Waals surface area contributed by atoms with Crippen LogP contribution in [0.3, 0.4) is 0 Å². The number of carbonyl (C=O) groups is 1. The molecule has 0 aliphatic rings. The summed E-state index contributed by atoms with van der Waals surface area (Å²) in [6, 6.07) is 7.21. The van der Waals surface area contributed by atoms with Gasteiger partial charge in [0.05, 0.1) is 23.1 Å². The van der Waals surface area contributed by atoms with Gasteiger partial charge in [-0.1, -0.05) is 12.1 Å². The topological polar surface area (TPSA) is 62.2 Å². The molecule has 0 spiro atoms. The number of aromatic nitrogens is 1. The number of thiazole rings is 1. The van der Waals surface area contributed by atoms with Crippen molar-refractivity contribution in [2.75, 3.05) is 11.1 Å². The van der Waals surface area contributed by atoms with E-state index in [1.165, 1.54) is 11.8 Å². The van der Waals surface area contributed by atoms with Gasteiger partial charge in [0.1, 0.15) is 0 Å². The quantitative estimate of drug-likeness (QED) is 0.861. The number of amides is 1. The van der Waals surface area contributed by atoms with Crippen molar-refractivity contribution in [3.63, 3.8) is 0 Å². The number of nitrogens with one attached hydrogen (secondary N) is 1. The van der Waals surface area contributed by atoms with Gasteiger partial charge in [-0.2, -0.15) is 0 Å². The van der Waals surface area contributed by atoms with Crippen LogP contribution in [0.1, 0.15) is 16.3 Å². The maximum atomic E-state index is 11.8. The molecule has 1 aromatic heterocycles. The molecule has 0 atom stereocenters. The van der Waals surface area contributed by atoms with Crippen molar-refractivity contribution >= 4 is 34.7 Å². The van der Waals surface area contributed by atoms with E-state index in [0.29, 0.717) is 11.4 Å². The Labute approximate surface area is 126 Å². The second kappa shape index (κ2) is 7.42. The van der Waals surface area contributed by atoms with E-state index in [0.717, 1.165) is 22.0 Å². The van der Waals surface area contributed by atoms with Gasteiger partial charge in [0.15, 0.2) is 0 Å². The first-order chi connectivity index (χ1) is 9.67. The van der Waals surface area contributed by atoms with Crippen molar-refractivity contribution in [2.45, 2.75) is 19.3 Å². The molecule has 2 aromatic rings. The molecule has 4 nitrogen and oxygen atoms in total. The summed E-state index contributed by atoms with van der Waals surface area (Å²) in [5.41, 5.74) is 2.52. The van der Waals surface area contributed by atoms with Crippen LogP contribution in [-0.2, 0) is 17.2 Å². The van der Waals surface area contributed by atoms with Crippen molar-refractivity contribution in [1.82, 2.24) is 4.98 Å². The Morgan fingerprint density at radius 1 is 1.50 bits per heavy atom. The number of benzene rings is 1. The molecule has 1 amide bonds. The van der Waals surface area contributed by atoms with E-state index in [1.54, 1.807) is 17.4 Å². The van der Waals surface area contributed by atoms with Crippen LogP contribution < -0.4 is 5.32 Å². The van der Waals surface area contributed by atoms with Gasteiger partial charge in [0.2, 0.25) is 5.91 Å². The molecular formula is C14H16N2O2S2.